The van der Waals surface area contributed by atoms with Crippen molar-refractivity contribution in [3.05, 3.63) is 62.1 Å². The molecule has 0 unspecified atom stereocenters. The highest BCUT2D eigenvalue weighted by Gasteiger charge is 2.16. The Bertz CT molecular complexity index is 762. The van der Waals surface area contributed by atoms with Crippen LogP contribution in [0.2, 0.25) is 5.02 Å². The number of hydrazine groups is 1. The van der Waals surface area contributed by atoms with Crippen molar-refractivity contribution in [2.45, 2.75) is 20.8 Å². The Morgan fingerprint density at radius 2 is 1.78 bits per heavy atom. The molecule has 0 heterocycles. The van der Waals surface area contributed by atoms with Gasteiger partial charge in [-0.05, 0) is 28.1 Å². The van der Waals surface area contributed by atoms with Crippen molar-refractivity contribution in [2.75, 3.05) is 23.8 Å². The quantitative estimate of drug-likeness (QED) is 0.392. The highest BCUT2D eigenvalue weighted by Crippen LogP contribution is 2.32. The molecule has 0 aromatic heterocycles. The summed E-state index contributed by atoms with van der Waals surface area (Å²) in [6.45, 7) is 7.33. The third-order valence-corrected chi connectivity index (χ3v) is 4.56. The first-order chi connectivity index (χ1) is 12.7. The molecule has 0 aliphatic heterocycles. The van der Waals surface area contributed by atoms with Gasteiger partial charge < -0.3 is 5.73 Å². The minimum absolute atomic E-state index is 0.0462. The lowest BCUT2D eigenvalue weighted by Gasteiger charge is -2.32. The van der Waals surface area contributed by atoms with Gasteiger partial charge in [-0.1, -0.05) is 43.6 Å². The van der Waals surface area contributed by atoms with Crippen molar-refractivity contribution in [1.82, 2.24) is 5.01 Å². The van der Waals surface area contributed by atoms with Crippen LogP contribution in [-0.4, -0.2) is 28.9 Å². The zero-order valence-corrected chi connectivity index (χ0v) is 17.7. The van der Waals surface area contributed by atoms with E-state index in [1.807, 2.05) is 49.2 Å². The van der Waals surface area contributed by atoms with E-state index in [1.165, 1.54) is 12.1 Å². The van der Waals surface area contributed by atoms with Crippen LogP contribution in [-0.2, 0) is 4.79 Å². The Balaban J connectivity index is 0.000000277. The van der Waals surface area contributed by atoms with Gasteiger partial charge in [0.05, 0.1) is 21.3 Å². The number of hydrogen-bond acceptors (Lipinski definition) is 5. The van der Waals surface area contributed by atoms with Crippen molar-refractivity contribution < 1.29 is 9.72 Å². The number of amides is 1. The molecule has 0 bridgehead atoms. The van der Waals surface area contributed by atoms with E-state index in [4.69, 9.17) is 17.3 Å². The molecule has 27 heavy (non-hydrogen) atoms. The van der Waals surface area contributed by atoms with Gasteiger partial charge in [-0.2, -0.15) is 0 Å². The minimum Gasteiger partial charge on any atom is -0.397 e. The Hall–Kier alpha value is -2.16. The Labute approximate surface area is 171 Å². The molecule has 0 spiro atoms. The molecule has 0 radical (unpaired) electrons. The van der Waals surface area contributed by atoms with E-state index >= 15 is 0 Å². The van der Waals surface area contributed by atoms with Gasteiger partial charge in [0.1, 0.15) is 0 Å². The summed E-state index contributed by atoms with van der Waals surface area (Å²) >= 11 is 8.66. The highest BCUT2D eigenvalue weighted by molar-refractivity contribution is 9.10. The molecule has 0 saturated heterocycles. The number of anilines is 2. The number of carbonyl (C=O) groups is 1. The number of nitrogens with zero attached hydrogens (tertiary/aromatic N) is 3. The van der Waals surface area contributed by atoms with Crippen LogP contribution in [0.3, 0.4) is 0 Å². The first kappa shape index (κ1) is 22.9. The summed E-state index contributed by atoms with van der Waals surface area (Å²) in [5, 5.41) is 14.2. The zero-order chi connectivity index (χ0) is 20.6. The second-order valence-corrected chi connectivity index (χ2v) is 6.65. The molecular formula is C18H22BrClN4O3. The summed E-state index contributed by atoms with van der Waals surface area (Å²) in [5.41, 5.74) is 6.60. The van der Waals surface area contributed by atoms with Gasteiger partial charge >= 0.3 is 0 Å². The number of halogens is 2. The Morgan fingerprint density at radius 3 is 2.19 bits per heavy atom. The largest absolute Gasteiger partial charge is 0.397 e. The predicted molar refractivity (Wildman–Crippen MR) is 113 cm³/mol. The van der Waals surface area contributed by atoms with Crippen LogP contribution in [0.5, 0.6) is 0 Å². The summed E-state index contributed by atoms with van der Waals surface area (Å²) in [6.07, 6.45) is 0. The van der Waals surface area contributed by atoms with E-state index in [-0.39, 0.29) is 16.6 Å². The zero-order valence-electron chi connectivity index (χ0n) is 15.4. The van der Waals surface area contributed by atoms with Crippen LogP contribution < -0.4 is 10.7 Å². The number of nitro benzene ring substituents is 1. The van der Waals surface area contributed by atoms with Crippen LogP contribution in [0.15, 0.2) is 46.9 Å². The van der Waals surface area contributed by atoms with Gasteiger partial charge in [0.25, 0.3) is 5.69 Å². The summed E-state index contributed by atoms with van der Waals surface area (Å²) in [6, 6.07) is 12.2. The molecule has 1 amide bonds. The Morgan fingerprint density at radius 1 is 1.22 bits per heavy atom. The summed E-state index contributed by atoms with van der Waals surface area (Å²) in [7, 11) is 0. The van der Waals surface area contributed by atoms with Crippen molar-refractivity contribution in [3.63, 3.8) is 0 Å². The maximum absolute atomic E-state index is 11.6. The van der Waals surface area contributed by atoms with Crippen LogP contribution in [0, 0.1) is 10.1 Å². The lowest BCUT2D eigenvalue weighted by Crippen LogP contribution is -2.45. The second kappa shape index (κ2) is 10.9. The van der Waals surface area contributed by atoms with Gasteiger partial charge in [-0.3, -0.25) is 14.9 Å². The maximum atomic E-state index is 11.6. The molecule has 9 heteroatoms. The molecule has 0 aliphatic carbocycles. The fourth-order valence-electron chi connectivity index (χ4n) is 2.30. The molecule has 146 valence electrons. The predicted octanol–water partition coefficient (Wildman–Crippen LogP) is 4.89. The number of non-ortho nitro benzene ring substituents is 1. The number of nitrogen functional groups attached to an aromatic ring is 1. The van der Waals surface area contributed by atoms with Crippen molar-refractivity contribution >= 4 is 50.5 Å². The number of carbonyl (C=O) groups excluding carboxylic acids is 1. The number of benzene rings is 2. The first-order valence-electron chi connectivity index (χ1n) is 8.22. The number of hydrogen-bond donors (Lipinski definition) is 1. The maximum Gasteiger partial charge on any atom is 0.272 e. The van der Waals surface area contributed by atoms with Gasteiger partial charge in [0.15, 0.2) is 0 Å². The van der Waals surface area contributed by atoms with Crippen molar-refractivity contribution in [2.24, 2.45) is 0 Å². The van der Waals surface area contributed by atoms with Crippen molar-refractivity contribution in [1.29, 1.82) is 0 Å². The lowest BCUT2D eigenvalue weighted by atomic mass is 10.3. The van der Waals surface area contributed by atoms with Gasteiger partial charge in [-0.25, -0.2) is 10.0 Å². The Kier molecular flexibility index (Phi) is 9.20. The smallest absolute Gasteiger partial charge is 0.272 e. The highest BCUT2D eigenvalue weighted by atomic mass is 79.9. The molecule has 2 aromatic rings. The minimum atomic E-state index is -0.532. The van der Waals surface area contributed by atoms with E-state index in [9.17, 15) is 14.9 Å². The first-order valence-corrected chi connectivity index (χ1v) is 9.39. The van der Waals surface area contributed by atoms with Crippen LogP contribution >= 0.6 is 27.5 Å². The van der Waals surface area contributed by atoms with E-state index in [0.717, 1.165) is 18.8 Å². The van der Waals surface area contributed by atoms with E-state index < -0.39 is 4.92 Å². The second-order valence-electron chi connectivity index (χ2n) is 5.39. The lowest BCUT2D eigenvalue weighted by molar-refractivity contribution is -0.384. The third-order valence-electron chi connectivity index (χ3n) is 3.59. The molecule has 2 N–H and O–H groups in total. The molecule has 0 saturated carbocycles. The fourth-order valence-corrected chi connectivity index (χ4v) is 3.07. The van der Waals surface area contributed by atoms with E-state index in [0.29, 0.717) is 10.2 Å². The number of nitrogens with two attached hydrogens (primary N) is 1. The van der Waals surface area contributed by atoms with E-state index in [1.54, 1.807) is 11.9 Å². The summed E-state index contributed by atoms with van der Waals surface area (Å²) in [4.78, 5) is 21.4. The van der Waals surface area contributed by atoms with E-state index in [2.05, 4.69) is 15.9 Å². The average molecular weight is 458 g/mol. The number of rotatable bonds is 5. The molecule has 0 atom stereocenters. The molecule has 2 aromatic carbocycles. The van der Waals surface area contributed by atoms with Crippen LogP contribution in [0.1, 0.15) is 20.8 Å². The topological polar surface area (TPSA) is 92.7 Å². The molecule has 7 nitrogen and oxygen atoms in total. The standard InChI is InChI=1S/C12H18N2O.C6H4BrClN2O2/c1-4-13(5-2)14(11(3)15)12-9-7-6-8-10-12;7-4-1-3(10(11)12)2-5(8)6(4)9/h6-10H,4-5H2,1-3H3;1-2H,9H2. The molecule has 0 aliphatic rings. The SMILES string of the molecule is CCN(CC)N(C(C)=O)c1ccccc1.Nc1c(Cl)cc([N+](=O)[O-])cc1Br. The number of nitro groups is 1. The fraction of sp³-hybridized carbons (Fsp3) is 0.278. The molecular weight excluding hydrogens is 436 g/mol. The molecule has 2 rings (SSSR count). The van der Waals surface area contributed by atoms with Gasteiger partial charge in [0, 0.05) is 36.6 Å². The van der Waals surface area contributed by atoms with Crippen LogP contribution in [0.4, 0.5) is 17.1 Å². The van der Waals surface area contributed by atoms with Crippen molar-refractivity contribution in [3.8, 4) is 0 Å². The monoisotopic (exact) mass is 456 g/mol. The normalized spacial score (nSPS) is 10.1. The summed E-state index contributed by atoms with van der Waals surface area (Å²) < 4.78 is 0.432. The third kappa shape index (κ3) is 6.50. The average Bonchev–Trinajstić information content (AvgIpc) is 2.64. The molecule has 0 fully saturated rings. The number of para-hydroxylation sites is 1. The van der Waals surface area contributed by atoms with Gasteiger partial charge in [-0.15, -0.1) is 0 Å². The van der Waals surface area contributed by atoms with Crippen LogP contribution in [0.25, 0.3) is 0 Å². The summed E-state index contributed by atoms with van der Waals surface area (Å²) in [5.74, 6) is 0.0462. The van der Waals surface area contributed by atoms with Gasteiger partial charge in [0.2, 0.25) is 5.91 Å².